The Balaban J connectivity index is 0.00000338. The van der Waals surface area contributed by atoms with Gasteiger partial charge in [0.2, 0.25) is 5.89 Å². The lowest BCUT2D eigenvalue weighted by Gasteiger charge is -2.32. The minimum Gasteiger partial charge on any atom is -0.357 e. The molecule has 0 amide bonds. The van der Waals surface area contributed by atoms with E-state index in [0.29, 0.717) is 24.3 Å². The quantitative estimate of drug-likeness (QED) is 0.285. The molecule has 0 bridgehead atoms. The Labute approximate surface area is 174 Å². The van der Waals surface area contributed by atoms with Crippen LogP contribution in [0, 0.1) is 0 Å². The van der Waals surface area contributed by atoms with E-state index in [2.05, 4.69) is 64.9 Å². The average Bonchev–Trinajstić information content (AvgIpc) is 3.04. The first kappa shape index (κ1) is 22.9. The molecule has 0 aromatic carbocycles. The van der Waals surface area contributed by atoms with Crippen LogP contribution in [0.2, 0.25) is 0 Å². The van der Waals surface area contributed by atoms with Crippen molar-refractivity contribution in [2.75, 3.05) is 26.2 Å². The molecule has 0 radical (unpaired) electrons. The molecular weight excluding hydrogens is 443 g/mol. The summed E-state index contributed by atoms with van der Waals surface area (Å²) in [6.07, 6.45) is 4.18. The number of hydrogen-bond donors (Lipinski definition) is 2. The second-order valence-corrected chi connectivity index (χ2v) is 7.47. The van der Waals surface area contributed by atoms with E-state index in [1.54, 1.807) is 0 Å². The number of likely N-dealkylation sites (tertiary alicyclic amines) is 1. The van der Waals surface area contributed by atoms with Crippen LogP contribution in [0.5, 0.6) is 0 Å². The molecule has 0 spiro atoms. The lowest BCUT2D eigenvalue weighted by atomic mass is 9.97. The van der Waals surface area contributed by atoms with E-state index in [4.69, 9.17) is 4.52 Å². The standard InChI is InChI=1S/C18H32N6O.HI/c1-6-10-24-11-8-14(9-12-24)21-17(19-7-2)20-13-15-22-16(25-23-15)18(3,4)5;/h6,14H,1,7-13H2,2-5H3,(H2,19,20,21);1H. The summed E-state index contributed by atoms with van der Waals surface area (Å²) in [6, 6.07) is 0.439. The van der Waals surface area contributed by atoms with Crippen LogP contribution in [-0.4, -0.2) is 53.2 Å². The highest BCUT2D eigenvalue weighted by molar-refractivity contribution is 14.0. The zero-order valence-electron chi connectivity index (χ0n) is 16.4. The fourth-order valence-electron chi connectivity index (χ4n) is 2.73. The summed E-state index contributed by atoms with van der Waals surface area (Å²) in [5.41, 5.74) is -0.142. The number of nitrogens with one attached hydrogen (secondary N) is 2. The van der Waals surface area contributed by atoms with Crippen molar-refractivity contribution in [1.82, 2.24) is 25.7 Å². The maximum absolute atomic E-state index is 5.32. The minimum atomic E-state index is -0.142. The van der Waals surface area contributed by atoms with Crippen molar-refractivity contribution < 1.29 is 4.52 Å². The lowest BCUT2D eigenvalue weighted by molar-refractivity contribution is 0.225. The third-order valence-electron chi connectivity index (χ3n) is 4.15. The van der Waals surface area contributed by atoms with E-state index in [9.17, 15) is 0 Å². The van der Waals surface area contributed by atoms with Gasteiger partial charge in [-0.1, -0.05) is 32.0 Å². The van der Waals surface area contributed by atoms with Crippen LogP contribution in [0.15, 0.2) is 22.2 Å². The van der Waals surface area contributed by atoms with Gasteiger partial charge in [0.05, 0.1) is 0 Å². The van der Waals surface area contributed by atoms with Gasteiger partial charge in [0.15, 0.2) is 11.8 Å². The number of guanidine groups is 1. The van der Waals surface area contributed by atoms with Gasteiger partial charge in [0.25, 0.3) is 0 Å². The monoisotopic (exact) mass is 476 g/mol. The molecule has 148 valence electrons. The molecular formula is C18H33IN6O. The van der Waals surface area contributed by atoms with Gasteiger partial charge in [0.1, 0.15) is 6.54 Å². The highest BCUT2D eigenvalue weighted by Gasteiger charge is 2.22. The molecule has 0 atom stereocenters. The van der Waals surface area contributed by atoms with E-state index in [1.807, 2.05) is 6.08 Å². The molecule has 1 aromatic rings. The molecule has 0 aliphatic carbocycles. The van der Waals surface area contributed by atoms with Crippen molar-refractivity contribution in [1.29, 1.82) is 0 Å². The first-order chi connectivity index (χ1) is 11.9. The van der Waals surface area contributed by atoms with Crippen molar-refractivity contribution in [3.05, 3.63) is 24.4 Å². The molecule has 8 heteroatoms. The fourth-order valence-corrected chi connectivity index (χ4v) is 2.73. The molecule has 2 rings (SSSR count). The van der Waals surface area contributed by atoms with Crippen LogP contribution in [0.25, 0.3) is 0 Å². The van der Waals surface area contributed by atoms with E-state index in [-0.39, 0.29) is 29.4 Å². The highest BCUT2D eigenvalue weighted by Crippen LogP contribution is 2.19. The Morgan fingerprint density at radius 3 is 2.62 bits per heavy atom. The first-order valence-corrected chi connectivity index (χ1v) is 9.13. The molecule has 2 heterocycles. The van der Waals surface area contributed by atoms with Gasteiger partial charge in [-0.3, -0.25) is 4.90 Å². The van der Waals surface area contributed by atoms with Crippen LogP contribution in [0.1, 0.15) is 52.3 Å². The van der Waals surface area contributed by atoms with E-state index < -0.39 is 0 Å². The maximum atomic E-state index is 5.32. The smallest absolute Gasteiger partial charge is 0.232 e. The van der Waals surface area contributed by atoms with Gasteiger partial charge in [-0.05, 0) is 19.8 Å². The lowest BCUT2D eigenvalue weighted by Crippen LogP contribution is -2.48. The zero-order valence-corrected chi connectivity index (χ0v) is 18.7. The number of rotatable bonds is 6. The van der Waals surface area contributed by atoms with E-state index >= 15 is 0 Å². The summed E-state index contributed by atoms with van der Waals surface area (Å²) >= 11 is 0. The summed E-state index contributed by atoms with van der Waals surface area (Å²) in [5.74, 6) is 2.07. The molecule has 0 saturated carbocycles. The molecule has 0 unspecified atom stereocenters. The van der Waals surface area contributed by atoms with Gasteiger partial charge in [0, 0.05) is 37.6 Å². The van der Waals surface area contributed by atoms with Crippen LogP contribution in [0.4, 0.5) is 0 Å². The van der Waals surface area contributed by atoms with E-state index in [0.717, 1.165) is 45.0 Å². The first-order valence-electron chi connectivity index (χ1n) is 9.13. The molecule has 1 aliphatic heterocycles. The number of nitrogens with zero attached hydrogens (tertiary/aromatic N) is 4. The molecule has 7 nitrogen and oxygen atoms in total. The topological polar surface area (TPSA) is 78.6 Å². The van der Waals surface area contributed by atoms with Gasteiger partial charge >= 0.3 is 0 Å². The molecule has 1 saturated heterocycles. The number of halogens is 1. The summed E-state index contributed by atoms with van der Waals surface area (Å²) < 4.78 is 5.32. The molecule has 26 heavy (non-hydrogen) atoms. The zero-order chi connectivity index (χ0) is 18.3. The fraction of sp³-hybridized carbons (Fsp3) is 0.722. The summed E-state index contributed by atoms with van der Waals surface area (Å²) in [7, 11) is 0. The average molecular weight is 476 g/mol. The van der Waals surface area contributed by atoms with Crippen molar-refractivity contribution in [2.45, 2.75) is 58.5 Å². The van der Waals surface area contributed by atoms with Crippen molar-refractivity contribution in [2.24, 2.45) is 4.99 Å². The van der Waals surface area contributed by atoms with Crippen LogP contribution in [-0.2, 0) is 12.0 Å². The van der Waals surface area contributed by atoms with Crippen LogP contribution < -0.4 is 10.6 Å². The highest BCUT2D eigenvalue weighted by atomic mass is 127. The number of aromatic nitrogens is 2. The van der Waals surface area contributed by atoms with Crippen molar-refractivity contribution in [3.8, 4) is 0 Å². The Bertz CT molecular complexity index is 572. The minimum absolute atomic E-state index is 0. The normalized spacial score (nSPS) is 16.8. The Hall–Kier alpha value is -1.16. The second-order valence-electron chi connectivity index (χ2n) is 7.47. The van der Waals surface area contributed by atoms with Gasteiger partial charge in [-0.2, -0.15) is 4.98 Å². The number of hydrogen-bond acceptors (Lipinski definition) is 5. The second kappa shape index (κ2) is 10.9. The largest absolute Gasteiger partial charge is 0.357 e. The molecule has 1 aliphatic rings. The SMILES string of the molecule is C=CCN1CCC(NC(=NCc2noc(C(C)(C)C)n2)NCC)CC1.I. The Morgan fingerprint density at radius 1 is 1.38 bits per heavy atom. The van der Waals surface area contributed by atoms with Gasteiger partial charge in [-0.25, -0.2) is 4.99 Å². The van der Waals surface area contributed by atoms with Crippen molar-refractivity contribution in [3.63, 3.8) is 0 Å². The molecule has 1 fully saturated rings. The van der Waals surface area contributed by atoms with E-state index in [1.165, 1.54) is 0 Å². The number of piperidine rings is 1. The molecule has 2 N–H and O–H groups in total. The summed E-state index contributed by atoms with van der Waals surface area (Å²) in [4.78, 5) is 11.5. The predicted molar refractivity (Wildman–Crippen MR) is 116 cm³/mol. The Morgan fingerprint density at radius 2 is 2.08 bits per heavy atom. The predicted octanol–water partition coefficient (Wildman–Crippen LogP) is 2.69. The Kier molecular flexibility index (Phi) is 9.56. The van der Waals surface area contributed by atoms with Crippen LogP contribution in [0.3, 0.4) is 0 Å². The summed E-state index contributed by atoms with van der Waals surface area (Å²) in [6.45, 7) is 16.4. The third-order valence-corrected chi connectivity index (χ3v) is 4.15. The molecule has 1 aromatic heterocycles. The number of aliphatic imine (C=N–C) groups is 1. The van der Waals surface area contributed by atoms with Crippen molar-refractivity contribution >= 4 is 29.9 Å². The van der Waals surface area contributed by atoms with Crippen LogP contribution >= 0.6 is 24.0 Å². The van der Waals surface area contributed by atoms with Gasteiger partial charge < -0.3 is 15.2 Å². The third kappa shape index (κ3) is 7.22. The summed E-state index contributed by atoms with van der Waals surface area (Å²) in [5, 5.41) is 10.9. The maximum Gasteiger partial charge on any atom is 0.232 e. The van der Waals surface area contributed by atoms with Gasteiger partial charge in [-0.15, -0.1) is 30.6 Å².